The maximum atomic E-state index is 10.6. The summed E-state index contributed by atoms with van der Waals surface area (Å²) >= 11 is 0. The molecule has 0 radical (unpaired) electrons. The van der Waals surface area contributed by atoms with Crippen LogP contribution >= 0.6 is 0 Å². The fraction of sp³-hybridized carbons (Fsp3) is 0.111. The summed E-state index contributed by atoms with van der Waals surface area (Å²) in [6.07, 6.45) is 3.22. The average Bonchev–Trinajstić information content (AvgIpc) is 2.62. The Kier molecular flexibility index (Phi) is 1.94. The first-order valence-electron chi connectivity index (χ1n) is 4.10. The number of aliphatic carboxylic acids is 1. The number of aromatic amines is 1. The van der Waals surface area contributed by atoms with Crippen LogP contribution in [0.4, 0.5) is 0 Å². The second-order valence-electron chi connectivity index (χ2n) is 3.00. The number of pyridine rings is 1. The van der Waals surface area contributed by atoms with Crippen molar-refractivity contribution in [2.75, 3.05) is 0 Å². The van der Waals surface area contributed by atoms with Crippen molar-refractivity contribution in [3.63, 3.8) is 0 Å². The van der Waals surface area contributed by atoms with Crippen molar-refractivity contribution >= 4 is 17.0 Å². The molecule has 72 valence electrons. The SMILES string of the molecule is NC(C(=O)O)c1cnc2cc[nH]c2c1. The lowest BCUT2D eigenvalue weighted by atomic mass is 10.1. The van der Waals surface area contributed by atoms with Gasteiger partial charge in [0.15, 0.2) is 0 Å². The molecule has 0 aliphatic heterocycles. The lowest BCUT2D eigenvalue weighted by molar-refractivity contribution is -0.138. The zero-order valence-electron chi connectivity index (χ0n) is 7.27. The third-order valence-corrected chi connectivity index (χ3v) is 2.04. The Bertz CT molecular complexity index is 478. The molecule has 0 saturated carbocycles. The van der Waals surface area contributed by atoms with Gasteiger partial charge < -0.3 is 15.8 Å². The monoisotopic (exact) mass is 191 g/mol. The Morgan fingerprint density at radius 3 is 3.14 bits per heavy atom. The summed E-state index contributed by atoms with van der Waals surface area (Å²) in [4.78, 5) is 17.6. The number of hydrogen-bond acceptors (Lipinski definition) is 3. The van der Waals surface area contributed by atoms with Gasteiger partial charge in [-0.05, 0) is 12.1 Å². The van der Waals surface area contributed by atoms with Gasteiger partial charge >= 0.3 is 5.97 Å². The number of nitrogens with zero attached hydrogens (tertiary/aromatic N) is 1. The number of H-pyrrole nitrogens is 1. The molecule has 0 saturated heterocycles. The van der Waals surface area contributed by atoms with Crippen molar-refractivity contribution in [3.8, 4) is 0 Å². The van der Waals surface area contributed by atoms with Crippen LogP contribution in [0.3, 0.4) is 0 Å². The molecule has 2 aromatic heterocycles. The Labute approximate surface area is 79.6 Å². The highest BCUT2D eigenvalue weighted by molar-refractivity contribution is 5.79. The summed E-state index contributed by atoms with van der Waals surface area (Å²) < 4.78 is 0. The number of nitrogens with one attached hydrogen (secondary N) is 1. The van der Waals surface area contributed by atoms with E-state index in [0.717, 1.165) is 11.0 Å². The fourth-order valence-electron chi connectivity index (χ4n) is 1.26. The third kappa shape index (κ3) is 1.33. The van der Waals surface area contributed by atoms with Gasteiger partial charge in [0, 0.05) is 18.0 Å². The zero-order chi connectivity index (χ0) is 10.1. The van der Waals surface area contributed by atoms with Gasteiger partial charge in [0.05, 0.1) is 11.0 Å². The van der Waals surface area contributed by atoms with E-state index in [1.165, 1.54) is 6.20 Å². The van der Waals surface area contributed by atoms with Crippen LogP contribution in [0.15, 0.2) is 24.5 Å². The molecule has 5 heteroatoms. The second-order valence-corrected chi connectivity index (χ2v) is 3.00. The first-order valence-corrected chi connectivity index (χ1v) is 4.10. The first kappa shape index (κ1) is 8.71. The molecule has 4 N–H and O–H groups in total. The maximum absolute atomic E-state index is 10.6. The number of carboxylic acid groups (broad SMARTS) is 1. The molecule has 2 rings (SSSR count). The predicted octanol–water partition coefficient (Wildman–Crippen LogP) is 0.647. The topological polar surface area (TPSA) is 92.0 Å². The molecule has 2 aromatic rings. The molecule has 14 heavy (non-hydrogen) atoms. The summed E-state index contributed by atoms with van der Waals surface area (Å²) in [6.45, 7) is 0. The minimum Gasteiger partial charge on any atom is -0.480 e. The number of nitrogens with two attached hydrogens (primary N) is 1. The van der Waals surface area contributed by atoms with E-state index < -0.39 is 12.0 Å². The van der Waals surface area contributed by atoms with E-state index in [1.54, 1.807) is 12.3 Å². The van der Waals surface area contributed by atoms with E-state index in [4.69, 9.17) is 10.8 Å². The highest BCUT2D eigenvalue weighted by atomic mass is 16.4. The van der Waals surface area contributed by atoms with E-state index in [0.29, 0.717) is 5.56 Å². The van der Waals surface area contributed by atoms with Gasteiger partial charge in [0.1, 0.15) is 6.04 Å². The largest absolute Gasteiger partial charge is 0.480 e. The molecule has 0 aliphatic carbocycles. The van der Waals surface area contributed by atoms with E-state index in [1.807, 2.05) is 6.07 Å². The van der Waals surface area contributed by atoms with E-state index in [-0.39, 0.29) is 0 Å². The van der Waals surface area contributed by atoms with Gasteiger partial charge in [-0.25, -0.2) is 0 Å². The Balaban J connectivity index is 2.48. The smallest absolute Gasteiger partial charge is 0.325 e. The van der Waals surface area contributed by atoms with Crippen molar-refractivity contribution in [1.29, 1.82) is 0 Å². The van der Waals surface area contributed by atoms with Crippen LogP contribution in [0.2, 0.25) is 0 Å². The van der Waals surface area contributed by atoms with Crippen LogP contribution in [0.25, 0.3) is 11.0 Å². The van der Waals surface area contributed by atoms with Crippen LogP contribution < -0.4 is 5.73 Å². The highest BCUT2D eigenvalue weighted by Crippen LogP contribution is 2.15. The van der Waals surface area contributed by atoms with Crippen molar-refractivity contribution in [2.45, 2.75) is 6.04 Å². The highest BCUT2D eigenvalue weighted by Gasteiger charge is 2.14. The van der Waals surface area contributed by atoms with Crippen LogP contribution in [-0.4, -0.2) is 21.0 Å². The van der Waals surface area contributed by atoms with Crippen molar-refractivity contribution in [3.05, 3.63) is 30.1 Å². The molecule has 0 aliphatic rings. The van der Waals surface area contributed by atoms with Crippen molar-refractivity contribution in [2.24, 2.45) is 5.73 Å². The molecule has 0 amide bonds. The van der Waals surface area contributed by atoms with Gasteiger partial charge in [-0.2, -0.15) is 0 Å². The molecule has 0 fully saturated rings. The van der Waals surface area contributed by atoms with Gasteiger partial charge in [-0.3, -0.25) is 9.78 Å². The second kappa shape index (κ2) is 3.12. The molecule has 1 atom stereocenters. The minimum absolute atomic E-state index is 0.493. The lowest BCUT2D eigenvalue weighted by Gasteiger charge is -2.05. The van der Waals surface area contributed by atoms with Crippen LogP contribution in [0.1, 0.15) is 11.6 Å². The Hall–Kier alpha value is -1.88. The molecule has 2 heterocycles. The van der Waals surface area contributed by atoms with Crippen LogP contribution in [0.5, 0.6) is 0 Å². The van der Waals surface area contributed by atoms with Crippen LogP contribution in [-0.2, 0) is 4.79 Å². The Morgan fingerprint density at radius 1 is 1.64 bits per heavy atom. The van der Waals surface area contributed by atoms with E-state index in [2.05, 4.69) is 9.97 Å². The summed E-state index contributed by atoms with van der Waals surface area (Å²) in [5.74, 6) is -1.06. The Morgan fingerprint density at radius 2 is 2.43 bits per heavy atom. The number of fused-ring (bicyclic) bond motifs is 1. The van der Waals surface area contributed by atoms with Gasteiger partial charge in [0.2, 0.25) is 0 Å². The first-order chi connectivity index (χ1) is 6.68. The van der Waals surface area contributed by atoms with Gasteiger partial charge in [0.25, 0.3) is 0 Å². The number of rotatable bonds is 2. The molecule has 1 unspecified atom stereocenters. The number of carbonyl (C=O) groups is 1. The number of hydrogen-bond donors (Lipinski definition) is 3. The summed E-state index contributed by atoms with van der Waals surface area (Å²) in [7, 11) is 0. The van der Waals surface area contributed by atoms with Crippen molar-refractivity contribution < 1.29 is 9.90 Å². The predicted molar refractivity (Wildman–Crippen MR) is 50.7 cm³/mol. The normalized spacial score (nSPS) is 12.9. The molecule has 5 nitrogen and oxygen atoms in total. The molecule has 0 aromatic carbocycles. The molecule has 0 spiro atoms. The van der Waals surface area contributed by atoms with Crippen molar-refractivity contribution in [1.82, 2.24) is 9.97 Å². The van der Waals surface area contributed by atoms with E-state index >= 15 is 0 Å². The maximum Gasteiger partial charge on any atom is 0.325 e. The van der Waals surface area contributed by atoms with Crippen LogP contribution in [0, 0.1) is 0 Å². The van der Waals surface area contributed by atoms with Gasteiger partial charge in [-0.1, -0.05) is 0 Å². The third-order valence-electron chi connectivity index (χ3n) is 2.04. The fourth-order valence-corrected chi connectivity index (χ4v) is 1.26. The minimum atomic E-state index is -1.06. The van der Waals surface area contributed by atoms with Gasteiger partial charge in [-0.15, -0.1) is 0 Å². The number of carboxylic acids is 1. The number of aromatic nitrogens is 2. The molecular formula is C9H9N3O2. The summed E-state index contributed by atoms with van der Waals surface area (Å²) in [5, 5.41) is 8.70. The lowest BCUT2D eigenvalue weighted by Crippen LogP contribution is -2.20. The quantitative estimate of drug-likeness (QED) is 0.649. The molecular weight excluding hydrogens is 182 g/mol. The molecule has 0 bridgehead atoms. The standard InChI is InChI=1S/C9H9N3O2/c10-8(9(13)14)5-3-7-6(12-4-5)1-2-11-7/h1-4,8,11H,10H2,(H,13,14). The average molecular weight is 191 g/mol. The van der Waals surface area contributed by atoms with E-state index in [9.17, 15) is 4.79 Å². The summed E-state index contributed by atoms with van der Waals surface area (Å²) in [5.41, 5.74) is 7.53. The summed E-state index contributed by atoms with van der Waals surface area (Å²) in [6, 6.07) is 2.49. The zero-order valence-corrected chi connectivity index (χ0v) is 7.27.